The van der Waals surface area contributed by atoms with Crippen LogP contribution in [0.2, 0.25) is 0 Å². The Morgan fingerprint density at radius 1 is 1.38 bits per heavy atom. The molecule has 0 radical (unpaired) electrons. The molecule has 3 aromatic rings. The Kier molecular flexibility index (Phi) is 4.44. The molecule has 2 heterocycles. The van der Waals surface area contributed by atoms with Crippen LogP contribution in [0.15, 0.2) is 35.1 Å². The second-order valence-corrected chi connectivity index (χ2v) is 6.48. The van der Waals surface area contributed by atoms with Crippen LogP contribution in [0.5, 0.6) is 0 Å². The third-order valence-electron chi connectivity index (χ3n) is 3.69. The first-order valence-electron chi connectivity index (χ1n) is 7.54. The van der Waals surface area contributed by atoms with Crippen molar-refractivity contribution < 1.29 is 9.18 Å². The molecule has 24 heavy (non-hydrogen) atoms. The number of nitrogens with zero attached hydrogens (tertiary/aromatic N) is 2. The zero-order valence-electron chi connectivity index (χ0n) is 13.3. The van der Waals surface area contributed by atoms with Crippen LogP contribution in [0, 0.1) is 12.7 Å². The Balaban J connectivity index is 1.91. The third kappa shape index (κ3) is 3.07. The zero-order valence-corrected chi connectivity index (χ0v) is 14.1. The Labute approximate surface area is 141 Å². The molecular formula is C17H16FN3O2S. The average molecular weight is 345 g/mol. The van der Waals surface area contributed by atoms with Crippen LogP contribution < -0.4 is 10.9 Å². The van der Waals surface area contributed by atoms with Crippen molar-refractivity contribution in [3.05, 3.63) is 57.2 Å². The van der Waals surface area contributed by atoms with E-state index in [9.17, 15) is 14.0 Å². The molecule has 0 bridgehead atoms. The zero-order chi connectivity index (χ0) is 17.3. The van der Waals surface area contributed by atoms with Crippen molar-refractivity contribution in [1.82, 2.24) is 9.55 Å². The molecule has 0 aliphatic rings. The van der Waals surface area contributed by atoms with Gasteiger partial charge in [-0.2, -0.15) is 0 Å². The van der Waals surface area contributed by atoms with Crippen molar-refractivity contribution in [2.24, 2.45) is 0 Å². The SMILES string of the molecule is CCc1cc2c(=O)n(CC(=O)Nc3ccccc3F)c(C)nc2s1. The van der Waals surface area contributed by atoms with Gasteiger partial charge in [-0.05, 0) is 31.5 Å². The minimum absolute atomic E-state index is 0.0889. The Bertz CT molecular complexity index is 978. The first-order chi connectivity index (χ1) is 11.5. The summed E-state index contributed by atoms with van der Waals surface area (Å²) in [5.41, 5.74) is -0.164. The molecular weight excluding hydrogens is 329 g/mol. The van der Waals surface area contributed by atoms with E-state index in [2.05, 4.69) is 10.3 Å². The monoisotopic (exact) mass is 345 g/mol. The molecule has 0 unspecified atom stereocenters. The van der Waals surface area contributed by atoms with E-state index in [0.717, 1.165) is 11.3 Å². The maximum Gasteiger partial charge on any atom is 0.262 e. The number of para-hydroxylation sites is 1. The van der Waals surface area contributed by atoms with E-state index in [1.807, 2.05) is 13.0 Å². The van der Waals surface area contributed by atoms with Crippen LogP contribution >= 0.6 is 11.3 Å². The van der Waals surface area contributed by atoms with Crippen LogP contribution in [0.4, 0.5) is 10.1 Å². The Hall–Kier alpha value is -2.54. The molecule has 7 heteroatoms. The number of aromatic nitrogens is 2. The van der Waals surface area contributed by atoms with Gasteiger partial charge in [0.25, 0.3) is 5.56 Å². The van der Waals surface area contributed by atoms with Gasteiger partial charge in [0.2, 0.25) is 5.91 Å². The predicted molar refractivity (Wildman–Crippen MR) is 93.0 cm³/mol. The highest BCUT2D eigenvalue weighted by Gasteiger charge is 2.14. The van der Waals surface area contributed by atoms with Gasteiger partial charge in [-0.3, -0.25) is 14.2 Å². The highest BCUT2D eigenvalue weighted by Crippen LogP contribution is 2.22. The molecule has 0 fully saturated rings. The van der Waals surface area contributed by atoms with E-state index in [1.165, 1.54) is 28.0 Å². The number of amides is 1. The first kappa shape index (κ1) is 16.3. The molecule has 0 aliphatic heterocycles. The number of halogens is 1. The summed E-state index contributed by atoms with van der Waals surface area (Å²) in [6, 6.07) is 7.72. The van der Waals surface area contributed by atoms with E-state index >= 15 is 0 Å². The van der Waals surface area contributed by atoms with Gasteiger partial charge in [-0.25, -0.2) is 9.37 Å². The van der Waals surface area contributed by atoms with E-state index in [4.69, 9.17) is 0 Å². The number of anilines is 1. The summed E-state index contributed by atoms with van der Waals surface area (Å²) in [6.45, 7) is 3.49. The van der Waals surface area contributed by atoms with Crippen LogP contribution in [0.25, 0.3) is 10.2 Å². The Morgan fingerprint density at radius 3 is 2.83 bits per heavy atom. The normalized spacial score (nSPS) is 11.0. The first-order valence-corrected chi connectivity index (χ1v) is 8.35. The van der Waals surface area contributed by atoms with Crippen molar-refractivity contribution in [2.45, 2.75) is 26.8 Å². The fourth-order valence-electron chi connectivity index (χ4n) is 2.42. The van der Waals surface area contributed by atoms with Gasteiger partial charge in [-0.1, -0.05) is 19.1 Å². The molecule has 1 amide bonds. The second-order valence-electron chi connectivity index (χ2n) is 5.36. The molecule has 1 aromatic carbocycles. The van der Waals surface area contributed by atoms with Crippen LogP contribution in [-0.4, -0.2) is 15.5 Å². The minimum atomic E-state index is -0.520. The van der Waals surface area contributed by atoms with Crippen molar-refractivity contribution in [3.8, 4) is 0 Å². The second kappa shape index (κ2) is 6.52. The van der Waals surface area contributed by atoms with Gasteiger partial charge in [0.1, 0.15) is 23.0 Å². The molecule has 124 valence electrons. The van der Waals surface area contributed by atoms with Gasteiger partial charge in [0.05, 0.1) is 11.1 Å². The van der Waals surface area contributed by atoms with Crippen LogP contribution in [0.3, 0.4) is 0 Å². The smallest absolute Gasteiger partial charge is 0.262 e. The summed E-state index contributed by atoms with van der Waals surface area (Å²) >= 11 is 1.48. The fraction of sp³-hybridized carbons (Fsp3) is 0.235. The Morgan fingerprint density at radius 2 is 2.12 bits per heavy atom. The highest BCUT2D eigenvalue weighted by atomic mass is 32.1. The van der Waals surface area contributed by atoms with Crippen molar-refractivity contribution in [1.29, 1.82) is 0 Å². The number of benzene rings is 1. The number of hydrogen-bond donors (Lipinski definition) is 1. The third-order valence-corrected chi connectivity index (χ3v) is 4.86. The summed E-state index contributed by atoms with van der Waals surface area (Å²) in [4.78, 5) is 30.9. The fourth-order valence-corrected chi connectivity index (χ4v) is 3.43. The predicted octanol–water partition coefficient (Wildman–Crippen LogP) is 3.11. The maximum atomic E-state index is 13.6. The molecule has 0 saturated heterocycles. The van der Waals surface area contributed by atoms with Gasteiger partial charge in [0, 0.05) is 4.88 Å². The minimum Gasteiger partial charge on any atom is -0.322 e. The van der Waals surface area contributed by atoms with E-state index in [-0.39, 0.29) is 17.8 Å². The van der Waals surface area contributed by atoms with Crippen molar-refractivity contribution in [2.75, 3.05) is 5.32 Å². The lowest BCUT2D eigenvalue weighted by Crippen LogP contribution is -2.30. The highest BCUT2D eigenvalue weighted by molar-refractivity contribution is 7.18. The summed E-state index contributed by atoms with van der Waals surface area (Å²) in [7, 11) is 0. The summed E-state index contributed by atoms with van der Waals surface area (Å²) < 4.78 is 14.9. The standard InChI is InChI=1S/C17H16FN3O2S/c1-3-11-8-12-16(24-11)19-10(2)21(17(12)23)9-15(22)20-14-7-5-4-6-13(14)18/h4-8H,3,9H2,1-2H3,(H,20,22). The molecule has 0 aliphatic carbocycles. The lowest BCUT2D eigenvalue weighted by Gasteiger charge is -2.10. The molecule has 0 saturated carbocycles. The topological polar surface area (TPSA) is 64.0 Å². The van der Waals surface area contributed by atoms with Crippen LogP contribution in [0.1, 0.15) is 17.6 Å². The molecule has 0 atom stereocenters. The van der Waals surface area contributed by atoms with E-state index < -0.39 is 11.7 Å². The van der Waals surface area contributed by atoms with Crippen molar-refractivity contribution >= 4 is 33.1 Å². The quantitative estimate of drug-likeness (QED) is 0.790. The van der Waals surface area contributed by atoms with Gasteiger partial charge in [0.15, 0.2) is 0 Å². The molecule has 2 aromatic heterocycles. The molecule has 5 nitrogen and oxygen atoms in total. The number of nitrogens with one attached hydrogen (secondary N) is 1. The summed E-state index contributed by atoms with van der Waals surface area (Å²) in [5.74, 6) is -0.535. The van der Waals surface area contributed by atoms with Gasteiger partial charge in [-0.15, -0.1) is 11.3 Å². The molecule has 1 N–H and O–H groups in total. The summed E-state index contributed by atoms with van der Waals surface area (Å²) in [6.07, 6.45) is 0.827. The summed E-state index contributed by atoms with van der Waals surface area (Å²) in [5, 5.41) is 2.99. The van der Waals surface area contributed by atoms with E-state index in [0.29, 0.717) is 16.0 Å². The molecule has 0 spiro atoms. The molecule has 3 rings (SSSR count). The number of carbonyl (C=O) groups is 1. The van der Waals surface area contributed by atoms with Gasteiger partial charge >= 0.3 is 0 Å². The number of carbonyl (C=O) groups excluding carboxylic acids is 1. The van der Waals surface area contributed by atoms with Gasteiger partial charge < -0.3 is 5.32 Å². The lowest BCUT2D eigenvalue weighted by atomic mass is 10.3. The number of aryl methyl sites for hydroxylation is 2. The number of rotatable bonds is 4. The largest absolute Gasteiger partial charge is 0.322 e. The van der Waals surface area contributed by atoms with E-state index in [1.54, 1.807) is 19.1 Å². The number of fused-ring (bicyclic) bond motifs is 1. The lowest BCUT2D eigenvalue weighted by molar-refractivity contribution is -0.116. The van der Waals surface area contributed by atoms with Crippen LogP contribution in [-0.2, 0) is 17.8 Å². The number of hydrogen-bond acceptors (Lipinski definition) is 4. The van der Waals surface area contributed by atoms with Crippen molar-refractivity contribution in [3.63, 3.8) is 0 Å². The maximum absolute atomic E-state index is 13.6. The average Bonchev–Trinajstić information content (AvgIpc) is 2.97. The number of thiophene rings is 1.